The van der Waals surface area contributed by atoms with E-state index in [0.29, 0.717) is 9.95 Å². The smallest absolute Gasteiger partial charge is 0.335 e. The molecule has 8 nitrogen and oxygen atoms in total. The number of para-hydroxylation sites is 3. The van der Waals surface area contributed by atoms with Gasteiger partial charge in [-0.15, -0.1) is 0 Å². The number of nitrogens with zero attached hydrogens (tertiary/aromatic N) is 3. The fraction of sp³-hybridized carbons (Fsp3) is 0.207. The number of thiocarbonyl (C=S) groups is 1. The molecule has 0 aliphatic carbocycles. The number of nitrogens with one attached hydrogen (secondary N) is 1. The highest BCUT2D eigenvalue weighted by molar-refractivity contribution is 8.48. The molecule has 206 valence electrons. The van der Waals surface area contributed by atoms with Gasteiger partial charge in [0.2, 0.25) is 0 Å². The number of carbonyl (C=O) groups is 2. The molecule has 1 N–H and O–H groups in total. The highest BCUT2D eigenvalue weighted by Crippen LogP contribution is 2.67. The first-order valence-electron chi connectivity index (χ1n) is 12.8. The van der Waals surface area contributed by atoms with Gasteiger partial charge in [0.05, 0.1) is 5.41 Å². The number of hydrogen-bond acceptors (Lipinski definition) is 8. The van der Waals surface area contributed by atoms with Gasteiger partial charge in [0.25, 0.3) is 11.8 Å². The predicted octanol–water partition coefficient (Wildman–Crippen LogP) is 4.75. The molecular weight excluding hydrogens is 597 g/mol. The largest absolute Gasteiger partial charge is 0.361 e. The maximum Gasteiger partial charge on any atom is 0.335 e. The van der Waals surface area contributed by atoms with Gasteiger partial charge in [-0.05, 0) is 35.4 Å². The zero-order valence-electron chi connectivity index (χ0n) is 21.6. The Labute approximate surface area is 253 Å². The zero-order chi connectivity index (χ0) is 28.5. The van der Waals surface area contributed by atoms with Crippen molar-refractivity contribution in [2.75, 3.05) is 11.9 Å². The molecule has 4 fully saturated rings. The summed E-state index contributed by atoms with van der Waals surface area (Å²) < 4.78 is 17.2. The van der Waals surface area contributed by atoms with Crippen molar-refractivity contribution in [2.24, 2.45) is 0 Å². The normalized spacial score (nSPS) is 27.7. The summed E-state index contributed by atoms with van der Waals surface area (Å²) in [7, 11) is 1.74. The van der Waals surface area contributed by atoms with Crippen molar-refractivity contribution in [3.8, 4) is 0 Å². The Kier molecular flexibility index (Phi) is 6.16. The number of H-pyrrole nitrogens is 1. The van der Waals surface area contributed by atoms with Crippen LogP contribution in [0.2, 0.25) is 0 Å². The van der Waals surface area contributed by atoms with Gasteiger partial charge in [-0.3, -0.25) is 14.5 Å². The molecule has 3 aromatic carbocycles. The number of thioether (sulfide) groups is 2. The lowest BCUT2D eigenvalue weighted by molar-refractivity contribution is -0.157. The third kappa shape index (κ3) is 3.44. The highest BCUT2D eigenvalue weighted by Gasteiger charge is 2.75. The van der Waals surface area contributed by atoms with Crippen LogP contribution in [-0.4, -0.2) is 62.0 Å². The second-order valence-corrected chi connectivity index (χ2v) is 14.0. The van der Waals surface area contributed by atoms with Gasteiger partial charge in [0.1, 0.15) is 9.69 Å². The molecule has 4 aromatic rings. The van der Waals surface area contributed by atoms with Crippen LogP contribution in [0.4, 0.5) is 11.4 Å². The summed E-state index contributed by atoms with van der Waals surface area (Å²) in [6.45, 7) is 0. The van der Waals surface area contributed by atoms with Crippen molar-refractivity contribution in [1.29, 1.82) is 0 Å². The van der Waals surface area contributed by atoms with Crippen LogP contribution in [0.5, 0.6) is 0 Å². The first kappa shape index (κ1) is 26.4. The molecule has 2 unspecified atom stereocenters. The van der Waals surface area contributed by atoms with Crippen LogP contribution in [0.3, 0.4) is 0 Å². The monoisotopic (exact) mass is 618 g/mol. The van der Waals surface area contributed by atoms with E-state index in [9.17, 15) is 9.59 Å². The summed E-state index contributed by atoms with van der Waals surface area (Å²) in [5.41, 5.74) is 4.61. The van der Waals surface area contributed by atoms with E-state index in [2.05, 4.69) is 58.5 Å². The lowest BCUT2D eigenvalue weighted by Gasteiger charge is -2.47. The number of likely N-dealkylation sites (N-methyl/N-ethyl adjacent to an activating group) is 1. The molecule has 41 heavy (non-hydrogen) atoms. The number of aromatic nitrogens is 1. The molecule has 6 heterocycles. The van der Waals surface area contributed by atoms with E-state index in [1.807, 2.05) is 41.3 Å². The lowest BCUT2D eigenvalue weighted by Crippen LogP contribution is -2.68. The Morgan fingerprint density at radius 3 is 2.41 bits per heavy atom. The van der Waals surface area contributed by atoms with Gasteiger partial charge in [-0.25, -0.2) is 0 Å². The number of piperazine rings is 1. The minimum absolute atomic E-state index is 0.0569. The van der Waals surface area contributed by atoms with Crippen molar-refractivity contribution >= 4 is 84.9 Å². The number of hydrogen-bond donors (Lipinski definition) is 1. The number of anilines is 2. The first-order chi connectivity index (χ1) is 19.9. The van der Waals surface area contributed by atoms with E-state index in [1.54, 1.807) is 11.9 Å². The van der Waals surface area contributed by atoms with Crippen LogP contribution in [0.25, 0.3) is 10.9 Å². The van der Waals surface area contributed by atoms with Gasteiger partial charge < -0.3 is 14.8 Å². The van der Waals surface area contributed by atoms with E-state index in [4.69, 9.17) is 20.6 Å². The second-order valence-electron chi connectivity index (χ2n) is 10.3. The average Bonchev–Trinajstić information content (AvgIpc) is 3.58. The molecule has 1 spiro atoms. The summed E-state index contributed by atoms with van der Waals surface area (Å²) in [4.78, 5) is 36.8. The third-order valence-electron chi connectivity index (χ3n) is 8.50. The van der Waals surface area contributed by atoms with Crippen LogP contribution in [0.15, 0.2) is 85.1 Å². The van der Waals surface area contributed by atoms with E-state index >= 15 is 0 Å². The fourth-order valence-electron chi connectivity index (χ4n) is 7.08. The molecule has 9 rings (SSSR count). The fourth-order valence-corrected chi connectivity index (χ4v) is 10.4. The van der Waals surface area contributed by atoms with E-state index < -0.39 is 33.4 Å². The summed E-state index contributed by atoms with van der Waals surface area (Å²) in [6.07, 6.45) is 2.07. The van der Waals surface area contributed by atoms with Gasteiger partial charge in [0.15, 0.2) is 10.2 Å². The van der Waals surface area contributed by atoms with Crippen LogP contribution in [0, 0.1) is 0 Å². The molecule has 0 saturated carbocycles. The Bertz CT molecular complexity index is 1790. The molecule has 1 aromatic heterocycles. The standard InChI is InChI=1S/C29H22N4O2S3.O2S/c1-31-24-23(34)33-25-28(16-29(33,26(31)35)38-27(36)37-24,20-15-30-21-13-7-5-11-18(20)21)19-12-6-8-14-22(19)32(25)17-9-3-2-4-10-17;1-3-2/h2-15,24-25,30H,16H2,1H3;/t24-,25-,28?,29?;/m1./s1. The topological polar surface area (TPSA) is 93.8 Å². The second kappa shape index (κ2) is 9.55. The number of carbonyl (C=O) groups excluding carboxylic acids is 2. The Hall–Kier alpha value is -3.45. The van der Waals surface area contributed by atoms with Gasteiger partial charge in [0, 0.05) is 41.9 Å². The minimum Gasteiger partial charge on any atom is -0.361 e. The molecule has 2 amide bonds. The number of amides is 2. The molecular formula is C29H22N4O4S4. The summed E-state index contributed by atoms with van der Waals surface area (Å²) in [6, 6.07) is 26.9. The number of rotatable bonds is 2. The quantitative estimate of drug-likeness (QED) is 0.322. The highest BCUT2D eigenvalue weighted by atomic mass is 32.2. The predicted molar refractivity (Wildman–Crippen MR) is 165 cm³/mol. The molecule has 12 heteroatoms. The number of benzene rings is 3. The summed E-state index contributed by atoms with van der Waals surface area (Å²) in [5.74, 6) is -0.122. The van der Waals surface area contributed by atoms with E-state index in [-0.39, 0.29) is 11.8 Å². The van der Waals surface area contributed by atoms with E-state index in [1.165, 1.54) is 23.5 Å². The number of aromatic amines is 1. The molecule has 4 saturated heterocycles. The van der Waals surface area contributed by atoms with Crippen molar-refractivity contribution in [3.05, 3.63) is 96.2 Å². The van der Waals surface area contributed by atoms with Gasteiger partial charge >= 0.3 is 11.6 Å². The summed E-state index contributed by atoms with van der Waals surface area (Å²) >= 11 is 7.71. The SMILES string of the molecule is CN1C(=O)C23CC4(c5c[nH]c6ccccc56)c5ccccc5N(c5ccccc5)[C@@H]4N2C(=O)[C@H]1SC(=S)S3.O=S=O. The maximum absolute atomic E-state index is 14.4. The lowest BCUT2D eigenvalue weighted by atomic mass is 9.72. The third-order valence-corrected chi connectivity index (χ3v) is 11.5. The van der Waals surface area contributed by atoms with Gasteiger partial charge in [-0.2, -0.15) is 8.42 Å². The van der Waals surface area contributed by atoms with Crippen LogP contribution in [-0.2, 0) is 26.6 Å². The van der Waals surface area contributed by atoms with Gasteiger partial charge in [-0.1, -0.05) is 90.3 Å². The van der Waals surface area contributed by atoms with Crippen LogP contribution < -0.4 is 4.90 Å². The van der Waals surface area contributed by atoms with Crippen molar-refractivity contribution in [1.82, 2.24) is 14.8 Å². The Balaban J connectivity index is 0.000000884. The van der Waals surface area contributed by atoms with E-state index in [0.717, 1.165) is 33.4 Å². The minimum atomic E-state index is -1.13. The molecule has 5 aliphatic rings. The maximum atomic E-state index is 14.4. The van der Waals surface area contributed by atoms with Crippen LogP contribution >= 0.6 is 35.7 Å². The zero-order valence-corrected chi connectivity index (χ0v) is 24.8. The molecule has 2 bridgehead atoms. The average molecular weight is 619 g/mol. The van der Waals surface area contributed by atoms with Crippen LogP contribution in [0.1, 0.15) is 17.5 Å². The van der Waals surface area contributed by atoms with Crippen molar-refractivity contribution < 1.29 is 18.0 Å². The molecule has 4 atom stereocenters. The Morgan fingerprint density at radius 1 is 0.951 bits per heavy atom. The number of fused-ring (bicyclic) bond motifs is 7. The molecule has 5 aliphatic heterocycles. The first-order valence-corrected chi connectivity index (χ1v) is 15.6. The van der Waals surface area contributed by atoms with Crippen molar-refractivity contribution in [3.63, 3.8) is 0 Å². The van der Waals surface area contributed by atoms with Crippen molar-refractivity contribution in [2.45, 2.75) is 28.2 Å². The Morgan fingerprint density at radius 2 is 1.63 bits per heavy atom. The summed E-state index contributed by atoms with van der Waals surface area (Å²) in [5, 5.41) is 0.430. The molecule has 0 radical (unpaired) electrons.